The summed E-state index contributed by atoms with van der Waals surface area (Å²) < 4.78 is 5.10. The van der Waals surface area contributed by atoms with E-state index in [9.17, 15) is 0 Å². The molecule has 1 N–H and O–H groups in total. The molecule has 1 aromatic rings. The number of hydrogen-bond donors (Lipinski definition) is 1. The van der Waals surface area contributed by atoms with E-state index in [2.05, 4.69) is 43.4 Å². The number of unbranched alkanes of at least 4 members (excludes halogenated alkanes) is 1. The van der Waals surface area contributed by atoms with Crippen molar-refractivity contribution in [2.24, 2.45) is 0 Å². The van der Waals surface area contributed by atoms with Gasteiger partial charge in [-0.3, -0.25) is 0 Å². The van der Waals surface area contributed by atoms with Crippen LogP contribution in [0.15, 0.2) is 24.3 Å². The Hall–Kier alpha value is -0.860. The van der Waals surface area contributed by atoms with Crippen molar-refractivity contribution in [1.29, 1.82) is 0 Å². The lowest BCUT2D eigenvalue weighted by Crippen LogP contribution is -2.20. The first-order valence-electron chi connectivity index (χ1n) is 7.13. The fourth-order valence-electron chi connectivity index (χ4n) is 2.18. The highest BCUT2D eigenvalue weighted by Gasteiger charge is 2.09. The zero-order valence-corrected chi connectivity index (χ0v) is 12.0. The molecule has 0 spiro atoms. The highest BCUT2D eigenvalue weighted by atomic mass is 16.5. The summed E-state index contributed by atoms with van der Waals surface area (Å²) in [5.74, 6) is 0. The summed E-state index contributed by atoms with van der Waals surface area (Å²) in [6.07, 6.45) is 4.76. The average Bonchev–Trinajstić information content (AvgIpc) is 2.42. The summed E-state index contributed by atoms with van der Waals surface area (Å²) in [7, 11) is 1.75. The Labute approximate surface area is 112 Å². The van der Waals surface area contributed by atoms with E-state index in [1.807, 2.05) is 0 Å². The highest BCUT2D eigenvalue weighted by Crippen LogP contribution is 2.20. The summed E-state index contributed by atoms with van der Waals surface area (Å²) >= 11 is 0. The molecule has 0 aliphatic rings. The molecule has 1 atom stereocenters. The zero-order chi connectivity index (χ0) is 13.2. The first-order valence-corrected chi connectivity index (χ1v) is 7.13. The van der Waals surface area contributed by atoms with Gasteiger partial charge in [0.1, 0.15) is 0 Å². The summed E-state index contributed by atoms with van der Waals surface area (Å²) in [5, 5.41) is 3.57. The van der Waals surface area contributed by atoms with Gasteiger partial charge < -0.3 is 10.1 Å². The molecule has 0 heterocycles. The highest BCUT2D eigenvalue weighted by molar-refractivity contribution is 5.25. The van der Waals surface area contributed by atoms with E-state index in [4.69, 9.17) is 4.74 Å². The number of hydrogen-bond acceptors (Lipinski definition) is 2. The molecule has 1 unspecified atom stereocenters. The van der Waals surface area contributed by atoms with Crippen LogP contribution in [-0.4, -0.2) is 20.3 Å². The topological polar surface area (TPSA) is 21.3 Å². The van der Waals surface area contributed by atoms with Crippen LogP contribution in [0, 0.1) is 0 Å². The normalized spacial score (nSPS) is 12.6. The standard InChI is InChI=1S/C16H27NO/c1-4-6-7-16(17-5-2)15-10-8-14(9-11-15)12-13-18-3/h8-11,16-17H,4-7,12-13H2,1-3H3. The van der Waals surface area contributed by atoms with Gasteiger partial charge in [-0.1, -0.05) is 51.0 Å². The van der Waals surface area contributed by atoms with Gasteiger partial charge in [-0.25, -0.2) is 0 Å². The van der Waals surface area contributed by atoms with Crippen molar-refractivity contribution in [3.63, 3.8) is 0 Å². The third kappa shape index (κ3) is 5.19. The lowest BCUT2D eigenvalue weighted by Gasteiger charge is -2.18. The molecule has 0 bridgehead atoms. The van der Waals surface area contributed by atoms with Gasteiger partial charge in [0.15, 0.2) is 0 Å². The van der Waals surface area contributed by atoms with E-state index in [-0.39, 0.29) is 0 Å². The molecule has 0 aromatic heterocycles. The van der Waals surface area contributed by atoms with Crippen molar-refractivity contribution in [3.8, 4) is 0 Å². The number of nitrogens with one attached hydrogen (secondary N) is 1. The molecule has 1 rings (SSSR count). The van der Waals surface area contributed by atoms with Gasteiger partial charge >= 0.3 is 0 Å². The third-order valence-electron chi connectivity index (χ3n) is 3.27. The molecule has 0 aliphatic carbocycles. The summed E-state index contributed by atoms with van der Waals surface area (Å²) in [4.78, 5) is 0. The maximum Gasteiger partial charge on any atom is 0.0502 e. The molecule has 0 saturated heterocycles. The van der Waals surface area contributed by atoms with Crippen molar-refractivity contribution in [2.75, 3.05) is 20.3 Å². The van der Waals surface area contributed by atoms with Crippen molar-refractivity contribution < 1.29 is 4.74 Å². The maximum atomic E-state index is 5.10. The second-order valence-electron chi connectivity index (χ2n) is 4.74. The monoisotopic (exact) mass is 249 g/mol. The van der Waals surface area contributed by atoms with Crippen molar-refractivity contribution in [3.05, 3.63) is 35.4 Å². The van der Waals surface area contributed by atoms with E-state index < -0.39 is 0 Å². The minimum atomic E-state index is 0.506. The van der Waals surface area contributed by atoms with Gasteiger partial charge in [-0.15, -0.1) is 0 Å². The van der Waals surface area contributed by atoms with Crippen LogP contribution in [-0.2, 0) is 11.2 Å². The van der Waals surface area contributed by atoms with Crippen molar-refractivity contribution >= 4 is 0 Å². The molecule has 18 heavy (non-hydrogen) atoms. The molecule has 0 saturated carbocycles. The van der Waals surface area contributed by atoms with E-state index in [0.717, 1.165) is 19.6 Å². The van der Waals surface area contributed by atoms with Crippen molar-refractivity contribution in [1.82, 2.24) is 5.32 Å². The molecule has 1 aromatic carbocycles. The number of ether oxygens (including phenoxy) is 1. The van der Waals surface area contributed by atoms with Crippen LogP contribution >= 0.6 is 0 Å². The van der Waals surface area contributed by atoms with Crippen LogP contribution < -0.4 is 5.32 Å². The van der Waals surface area contributed by atoms with E-state index >= 15 is 0 Å². The van der Waals surface area contributed by atoms with Crippen LogP contribution in [0.5, 0.6) is 0 Å². The summed E-state index contributed by atoms with van der Waals surface area (Å²) in [6, 6.07) is 9.48. The largest absolute Gasteiger partial charge is 0.384 e. The first-order chi connectivity index (χ1) is 8.81. The SMILES string of the molecule is CCCCC(NCC)c1ccc(CCOC)cc1. The predicted octanol–water partition coefficient (Wildman–Crippen LogP) is 3.72. The van der Waals surface area contributed by atoms with Crippen LogP contribution in [0.3, 0.4) is 0 Å². The zero-order valence-electron chi connectivity index (χ0n) is 12.0. The minimum Gasteiger partial charge on any atom is -0.384 e. The van der Waals surface area contributed by atoms with Gasteiger partial charge in [0.2, 0.25) is 0 Å². The minimum absolute atomic E-state index is 0.506. The smallest absolute Gasteiger partial charge is 0.0502 e. The molecule has 2 nitrogen and oxygen atoms in total. The van der Waals surface area contributed by atoms with Crippen LogP contribution in [0.1, 0.15) is 50.3 Å². The molecule has 0 radical (unpaired) electrons. The second-order valence-corrected chi connectivity index (χ2v) is 4.74. The summed E-state index contributed by atoms with van der Waals surface area (Å²) in [6.45, 7) is 6.24. The maximum absolute atomic E-state index is 5.10. The predicted molar refractivity (Wildman–Crippen MR) is 78.0 cm³/mol. The number of rotatable bonds is 9. The fraction of sp³-hybridized carbons (Fsp3) is 0.625. The lowest BCUT2D eigenvalue weighted by molar-refractivity contribution is 0.202. The van der Waals surface area contributed by atoms with Crippen molar-refractivity contribution in [2.45, 2.75) is 45.6 Å². The fourth-order valence-corrected chi connectivity index (χ4v) is 2.18. The van der Waals surface area contributed by atoms with Gasteiger partial charge in [-0.2, -0.15) is 0 Å². The van der Waals surface area contributed by atoms with E-state index in [1.165, 1.54) is 30.4 Å². The molecular weight excluding hydrogens is 222 g/mol. The Balaban J connectivity index is 2.61. The number of methoxy groups -OCH3 is 1. The molecule has 0 fully saturated rings. The summed E-state index contributed by atoms with van der Waals surface area (Å²) in [5.41, 5.74) is 2.76. The average molecular weight is 249 g/mol. The number of benzene rings is 1. The van der Waals surface area contributed by atoms with E-state index in [1.54, 1.807) is 7.11 Å². The van der Waals surface area contributed by atoms with Gasteiger partial charge in [0, 0.05) is 13.2 Å². The Bertz CT molecular complexity index is 307. The Morgan fingerprint density at radius 1 is 1.17 bits per heavy atom. The van der Waals surface area contributed by atoms with Gasteiger partial charge in [-0.05, 0) is 30.5 Å². The van der Waals surface area contributed by atoms with E-state index in [0.29, 0.717) is 6.04 Å². The van der Waals surface area contributed by atoms with Gasteiger partial charge in [0.25, 0.3) is 0 Å². The molecular formula is C16H27NO. The quantitative estimate of drug-likeness (QED) is 0.720. The Morgan fingerprint density at radius 2 is 1.89 bits per heavy atom. The van der Waals surface area contributed by atoms with Gasteiger partial charge in [0.05, 0.1) is 6.61 Å². The second kappa shape index (κ2) is 9.12. The Morgan fingerprint density at radius 3 is 2.44 bits per heavy atom. The Kier molecular flexibility index (Phi) is 7.70. The molecule has 0 amide bonds. The molecule has 2 heteroatoms. The molecule has 0 aliphatic heterocycles. The molecule has 102 valence electrons. The first kappa shape index (κ1) is 15.2. The third-order valence-corrected chi connectivity index (χ3v) is 3.27. The van der Waals surface area contributed by atoms with Crippen LogP contribution in [0.25, 0.3) is 0 Å². The van der Waals surface area contributed by atoms with Crippen LogP contribution in [0.2, 0.25) is 0 Å². The lowest BCUT2D eigenvalue weighted by atomic mass is 9.99. The van der Waals surface area contributed by atoms with Crippen LogP contribution in [0.4, 0.5) is 0 Å².